The van der Waals surface area contributed by atoms with Gasteiger partial charge in [0.1, 0.15) is 24.1 Å². The van der Waals surface area contributed by atoms with Crippen LogP contribution in [0.15, 0.2) is 11.0 Å². The van der Waals surface area contributed by atoms with E-state index in [1.54, 1.807) is 0 Å². The lowest BCUT2D eigenvalue weighted by molar-refractivity contribution is -0.0550. The van der Waals surface area contributed by atoms with E-state index in [0.717, 1.165) is 4.57 Å². The second kappa shape index (κ2) is 6.98. The van der Waals surface area contributed by atoms with Gasteiger partial charge in [-0.25, -0.2) is 4.79 Å². The predicted molar refractivity (Wildman–Crippen MR) is 84.5 cm³/mol. The first-order chi connectivity index (χ1) is 11.9. The van der Waals surface area contributed by atoms with Gasteiger partial charge in [-0.15, -0.1) is 0 Å². The summed E-state index contributed by atoms with van der Waals surface area (Å²) >= 11 is 0. The van der Waals surface area contributed by atoms with E-state index in [9.17, 15) is 30.3 Å². The molecule has 0 amide bonds. The molecular formula is C15H23N3O7. The molecule has 10 heteroatoms. The summed E-state index contributed by atoms with van der Waals surface area (Å²) in [6.07, 6.45) is -3.39. The Kier molecular flexibility index (Phi) is 5.09. The molecule has 1 aromatic rings. The van der Waals surface area contributed by atoms with Crippen molar-refractivity contribution in [1.82, 2.24) is 9.55 Å². The van der Waals surface area contributed by atoms with Crippen LogP contribution in [0.5, 0.6) is 0 Å². The first kappa shape index (κ1) is 18.2. The summed E-state index contributed by atoms with van der Waals surface area (Å²) in [4.78, 5) is 15.9. The fourth-order valence-corrected chi connectivity index (χ4v) is 3.66. The number of nitrogen functional groups attached to an aromatic ring is 1. The van der Waals surface area contributed by atoms with Crippen LogP contribution in [-0.2, 0) is 4.74 Å². The molecule has 10 nitrogen and oxygen atoms in total. The summed E-state index contributed by atoms with van der Waals surface area (Å²) in [5, 5.41) is 48.4. The molecule has 2 fully saturated rings. The number of ether oxygens (including phenoxy) is 1. The van der Waals surface area contributed by atoms with Gasteiger partial charge in [-0.05, 0) is 18.8 Å². The SMILES string of the molecule is Nc1nc(=O)n(C2O[C@H](CO)[C@@H](O)[C@H]2O)cc1[C@@H]1C[C@H](CO)[C@@H](O)C1. The molecule has 1 saturated carbocycles. The van der Waals surface area contributed by atoms with Crippen molar-refractivity contribution in [2.45, 2.75) is 49.4 Å². The number of nitrogens with zero attached hydrogens (tertiary/aromatic N) is 2. The molecule has 140 valence electrons. The van der Waals surface area contributed by atoms with Crippen LogP contribution in [0.3, 0.4) is 0 Å². The van der Waals surface area contributed by atoms with Crippen LogP contribution in [-0.4, -0.2) is 72.7 Å². The Balaban J connectivity index is 1.93. The lowest BCUT2D eigenvalue weighted by atomic mass is 9.98. The highest BCUT2D eigenvalue weighted by molar-refractivity contribution is 5.40. The van der Waals surface area contributed by atoms with Gasteiger partial charge in [0, 0.05) is 24.3 Å². The summed E-state index contributed by atoms with van der Waals surface area (Å²) in [5.74, 6) is -0.467. The van der Waals surface area contributed by atoms with Crippen molar-refractivity contribution < 1.29 is 30.3 Å². The largest absolute Gasteiger partial charge is 0.396 e. The number of anilines is 1. The monoisotopic (exact) mass is 357 g/mol. The Bertz CT molecular complexity index is 682. The lowest BCUT2D eigenvalue weighted by Crippen LogP contribution is -2.36. The van der Waals surface area contributed by atoms with Crippen LogP contribution in [0.1, 0.15) is 30.6 Å². The zero-order chi connectivity index (χ0) is 18.3. The Morgan fingerprint density at radius 1 is 1.20 bits per heavy atom. The van der Waals surface area contributed by atoms with Crippen molar-refractivity contribution in [3.05, 3.63) is 22.2 Å². The molecule has 7 N–H and O–H groups in total. The standard InChI is InChI=1S/C15H23N3O7/c16-13-8(6-1-7(4-19)9(21)2-6)3-18(15(24)17-13)14-12(23)11(22)10(5-20)25-14/h3,6-7,9-12,14,19-23H,1-2,4-5H2,(H2,16,17,24)/t6-,7-,9+,10-,11-,12-,14?/m1/s1. The number of aliphatic hydroxyl groups excluding tert-OH is 5. The van der Waals surface area contributed by atoms with Crippen molar-refractivity contribution >= 4 is 5.82 Å². The number of rotatable bonds is 4. The minimum absolute atomic E-state index is 0.0174. The molecule has 0 aromatic carbocycles. The maximum atomic E-state index is 12.2. The van der Waals surface area contributed by atoms with E-state index in [0.29, 0.717) is 18.4 Å². The van der Waals surface area contributed by atoms with E-state index >= 15 is 0 Å². The van der Waals surface area contributed by atoms with Gasteiger partial charge >= 0.3 is 5.69 Å². The highest BCUT2D eigenvalue weighted by Crippen LogP contribution is 2.40. The number of aromatic nitrogens is 2. The Hall–Kier alpha value is -1.56. The minimum Gasteiger partial charge on any atom is -0.396 e. The van der Waals surface area contributed by atoms with Gasteiger partial charge < -0.3 is 36.0 Å². The van der Waals surface area contributed by atoms with Crippen LogP contribution >= 0.6 is 0 Å². The second-order valence-corrected chi connectivity index (χ2v) is 6.68. The smallest absolute Gasteiger partial charge is 0.351 e. The predicted octanol–water partition coefficient (Wildman–Crippen LogP) is -2.72. The molecule has 0 radical (unpaired) electrons. The summed E-state index contributed by atoms with van der Waals surface area (Å²) in [6, 6.07) is 0. The first-order valence-electron chi connectivity index (χ1n) is 8.17. The van der Waals surface area contributed by atoms with Gasteiger partial charge in [-0.3, -0.25) is 4.57 Å². The van der Waals surface area contributed by atoms with E-state index in [2.05, 4.69) is 4.98 Å². The number of hydrogen-bond donors (Lipinski definition) is 6. The second-order valence-electron chi connectivity index (χ2n) is 6.68. The Morgan fingerprint density at radius 2 is 1.92 bits per heavy atom. The number of hydrogen-bond acceptors (Lipinski definition) is 9. The Labute approximate surface area is 143 Å². The third-order valence-electron chi connectivity index (χ3n) is 5.13. The van der Waals surface area contributed by atoms with Crippen molar-refractivity contribution in [1.29, 1.82) is 0 Å². The quantitative estimate of drug-likeness (QED) is 0.335. The normalized spacial score (nSPS) is 38.4. The highest BCUT2D eigenvalue weighted by Gasteiger charge is 2.44. The summed E-state index contributed by atoms with van der Waals surface area (Å²) in [5.41, 5.74) is 5.61. The van der Waals surface area contributed by atoms with Crippen molar-refractivity contribution in [3.63, 3.8) is 0 Å². The molecule has 1 aliphatic carbocycles. The summed E-state index contributed by atoms with van der Waals surface area (Å²) < 4.78 is 6.40. The van der Waals surface area contributed by atoms with Crippen LogP contribution in [0.2, 0.25) is 0 Å². The van der Waals surface area contributed by atoms with Gasteiger partial charge in [0.25, 0.3) is 0 Å². The van der Waals surface area contributed by atoms with Crippen LogP contribution < -0.4 is 11.4 Å². The molecule has 7 atom stereocenters. The molecule has 1 saturated heterocycles. The van der Waals surface area contributed by atoms with Crippen molar-refractivity contribution in [3.8, 4) is 0 Å². The number of aliphatic hydroxyl groups is 5. The van der Waals surface area contributed by atoms with Crippen molar-refractivity contribution in [2.75, 3.05) is 18.9 Å². The number of nitrogens with two attached hydrogens (primary N) is 1. The molecule has 3 rings (SSSR count). The molecule has 2 aliphatic rings. The van der Waals surface area contributed by atoms with Gasteiger partial charge in [0.15, 0.2) is 6.23 Å². The highest BCUT2D eigenvalue weighted by atomic mass is 16.6. The summed E-state index contributed by atoms with van der Waals surface area (Å²) in [7, 11) is 0. The molecule has 0 spiro atoms. The molecule has 1 unspecified atom stereocenters. The zero-order valence-electron chi connectivity index (χ0n) is 13.5. The third-order valence-corrected chi connectivity index (χ3v) is 5.13. The zero-order valence-corrected chi connectivity index (χ0v) is 13.5. The van der Waals surface area contributed by atoms with Gasteiger partial charge in [-0.1, -0.05) is 0 Å². The van der Waals surface area contributed by atoms with E-state index in [1.807, 2.05) is 0 Å². The molecule has 2 heterocycles. The van der Waals surface area contributed by atoms with E-state index in [4.69, 9.17) is 10.5 Å². The third kappa shape index (κ3) is 3.16. The Morgan fingerprint density at radius 3 is 2.48 bits per heavy atom. The fraction of sp³-hybridized carbons (Fsp3) is 0.733. The lowest BCUT2D eigenvalue weighted by Gasteiger charge is -2.20. The van der Waals surface area contributed by atoms with Crippen LogP contribution in [0.25, 0.3) is 0 Å². The molecule has 25 heavy (non-hydrogen) atoms. The molecule has 1 aliphatic heterocycles. The van der Waals surface area contributed by atoms with Gasteiger partial charge in [0.05, 0.1) is 12.7 Å². The maximum Gasteiger partial charge on any atom is 0.351 e. The average Bonchev–Trinajstić information content (AvgIpc) is 3.09. The average molecular weight is 357 g/mol. The van der Waals surface area contributed by atoms with Crippen LogP contribution in [0.4, 0.5) is 5.82 Å². The van der Waals surface area contributed by atoms with Crippen LogP contribution in [0, 0.1) is 5.92 Å². The van der Waals surface area contributed by atoms with Crippen molar-refractivity contribution in [2.24, 2.45) is 5.92 Å². The summed E-state index contributed by atoms with van der Waals surface area (Å²) in [6.45, 7) is -0.662. The molecule has 1 aromatic heterocycles. The first-order valence-corrected chi connectivity index (χ1v) is 8.17. The minimum atomic E-state index is -1.41. The van der Waals surface area contributed by atoms with Gasteiger partial charge in [0.2, 0.25) is 0 Å². The molecule has 0 bridgehead atoms. The maximum absolute atomic E-state index is 12.2. The topological polar surface area (TPSA) is 171 Å². The van der Waals surface area contributed by atoms with E-state index < -0.39 is 42.9 Å². The fourth-order valence-electron chi connectivity index (χ4n) is 3.66. The van der Waals surface area contributed by atoms with E-state index in [1.165, 1.54) is 6.20 Å². The van der Waals surface area contributed by atoms with Gasteiger partial charge in [-0.2, -0.15) is 4.98 Å². The molecular weight excluding hydrogens is 334 g/mol. The van der Waals surface area contributed by atoms with E-state index in [-0.39, 0.29) is 24.3 Å².